The van der Waals surface area contributed by atoms with E-state index in [4.69, 9.17) is 4.74 Å². The Morgan fingerprint density at radius 2 is 2.15 bits per heavy atom. The molecule has 4 rings (SSSR count). The van der Waals surface area contributed by atoms with Crippen LogP contribution in [0.4, 0.5) is 10.1 Å². The van der Waals surface area contributed by atoms with E-state index in [1.807, 2.05) is 6.07 Å². The Morgan fingerprint density at radius 1 is 1.37 bits per heavy atom. The zero-order chi connectivity index (χ0) is 19.0. The molecule has 1 aliphatic rings. The first-order valence-corrected chi connectivity index (χ1v) is 9.71. The van der Waals surface area contributed by atoms with Crippen molar-refractivity contribution in [3.05, 3.63) is 45.8 Å². The van der Waals surface area contributed by atoms with Crippen molar-refractivity contribution in [1.82, 2.24) is 14.7 Å². The molecule has 0 aromatic carbocycles. The van der Waals surface area contributed by atoms with Gasteiger partial charge in [0, 0.05) is 23.3 Å². The normalized spacial score (nSPS) is 15.2. The van der Waals surface area contributed by atoms with E-state index in [0.717, 1.165) is 30.8 Å². The van der Waals surface area contributed by atoms with E-state index >= 15 is 0 Å². The molecule has 8 heteroatoms. The highest BCUT2D eigenvalue weighted by Crippen LogP contribution is 2.37. The molecule has 6 nitrogen and oxygen atoms in total. The molecule has 142 valence electrons. The molecule has 4 heterocycles. The Balaban J connectivity index is 1.60. The summed E-state index contributed by atoms with van der Waals surface area (Å²) < 4.78 is 21.2. The number of carbonyl (C=O) groups is 1. The lowest BCUT2D eigenvalue weighted by Gasteiger charge is -2.21. The highest BCUT2D eigenvalue weighted by Gasteiger charge is 2.23. The SMILES string of the molecule is COc1cc(C2CCNCC2)sc1C(=O)Nc1cc(F)c2nc(C)cn2c1. The second-order valence-electron chi connectivity index (χ2n) is 6.71. The summed E-state index contributed by atoms with van der Waals surface area (Å²) in [6, 6.07) is 3.24. The number of rotatable bonds is 4. The molecular weight excluding hydrogens is 367 g/mol. The lowest BCUT2D eigenvalue weighted by atomic mass is 9.96. The Bertz CT molecular complexity index is 991. The summed E-state index contributed by atoms with van der Waals surface area (Å²) in [6.45, 7) is 3.76. The van der Waals surface area contributed by atoms with Gasteiger partial charge in [0.1, 0.15) is 10.6 Å². The third-order valence-corrected chi connectivity index (χ3v) is 6.05. The molecule has 2 N–H and O–H groups in total. The van der Waals surface area contributed by atoms with Crippen LogP contribution in [0.3, 0.4) is 0 Å². The number of aromatic nitrogens is 2. The standard InChI is InChI=1S/C19H21FN4O2S/c1-11-9-24-10-13(7-14(20)18(24)22-11)23-19(25)17-15(26-2)8-16(27-17)12-3-5-21-6-4-12/h7-10,12,21H,3-6H2,1-2H3,(H,23,25). The first-order chi connectivity index (χ1) is 13.0. The van der Waals surface area contributed by atoms with Crippen LogP contribution in [0, 0.1) is 12.7 Å². The van der Waals surface area contributed by atoms with Gasteiger partial charge in [-0.25, -0.2) is 9.37 Å². The molecule has 0 bridgehead atoms. The van der Waals surface area contributed by atoms with Gasteiger partial charge in [-0.1, -0.05) is 0 Å². The number of methoxy groups -OCH3 is 1. The van der Waals surface area contributed by atoms with Crippen LogP contribution in [0.15, 0.2) is 24.5 Å². The Morgan fingerprint density at radius 3 is 2.89 bits per heavy atom. The monoisotopic (exact) mass is 388 g/mol. The summed E-state index contributed by atoms with van der Waals surface area (Å²) in [5.41, 5.74) is 1.33. The van der Waals surface area contributed by atoms with Crippen molar-refractivity contribution in [2.24, 2.45) is 0 Å². The Kier molecular flexibility index (Phi) is 4.84. The predicted molar refractivity (Wildman–Crippen MR) is 104 cm³/mol. The van der Waals surface area contributed by atoms with Crippen LogP contribution >= 0.6 is 11.3 Å². The lowest BCUT2D eigenvalue weighted by molar-refractivity contribution is 0.102. The number of thiophene rings is 1. The van der Waals surface area contributed by atoms with Gasteiger partial charge in [-0.15, -0.1) is 11.3 Å². The summed E-state index contributed by atoms with van der Waals surface area (Å²) in [6.07, 6.45) is 5.47. The van der Waals surface area contributed by atoms with Gasteiger partial charge in [-0.3, -0.25) is 4.79 Å². The topological polar surface area (TPSA) is 67.7 Å². The van der Waals surface area contributed by atoms with Crippen molar-refractivity contribution in [2.45, 2.75) is 25.7 Å². The number of nitrogens with one attached hydrogen (secondary N) is 2. The fourth-order valence-corrected chi connectivity index (χ4v) is 4.64. The van der Waals surface area contributed by atoms with E-state index in [-0.39, 0.29) is 11.6 Å². The summed E-state index contributed by atoms with van der Waals surface area (Å²) >= 11 is 1.45. The smallest absolute Gasteiger partial charge is 0.269 e. The minimum absolute atomic E-state index is 0.243. The van der Waals surface area contributed by atoms with Gasteiger partial charge in [0.25, 0.3) is 5.91 Å². The molecule has 3 aromatic heterocycles. The first-order valence-electron chi connectivity index (χ1n) is 8.90. The zero-order valence-corrected chi connectivity index (χ0v) is 16.0. The third kappa shape index (κ3) is 3.54. The molecule has 0 unspecified atom stereocenters. The number of pyridine rings is 1. The minimum Gasteiger partial charge on any atom is -0.495 e. The number of amides is 1. The molecule has 1 aliphatic heterocycles. The van der Waals surface area contributed by atoms with Crippen LogP contribution in [-0.2, 0) is 0 Å². The number of ether oxygens (including phenoxy) is 1. The fourth-order valence-electron chi connectivity index (χ4n) is 3.45. The van der Waals surface area contributed by atoms with Gasteiger partial charge in [0.2, 0.25) is 0 Å². The number of hydrogen-bond donors (Lipinski definition) is 2. The summed E-state index contributed by atoms with van der Waals surface area (Å²) in [4.78, 5) is 18.6. The van der Waals surface area contributed by atoms with Gasteiger partial charge < -0.3 is 19.8 Å². The summed E-state index contributed by atoms with van der Waals surface area (Å²) in [7, 11) is 1.56. The fraction of sp³-hybridized carbons (Fsp3) is 0.368. The maximum atomic E-state index is 14.2. The Hall–Kier alpha value is -2.45. The third-order valence-electron chi connectivity index (χ3n) is 4.77. The van der Waals surface area contributed by atoms with Crippen LogP contribution in [0.2, 0.25) is 0 Å². The number of nitrogens with zero attached hydrogens (tertiary/aromatic N) is 2. The molecule has 0 aliphatic carbocycles. The van der Waals surface area contributed by atoms with E-state index in [1.165, 1.54) is 17.4 Å². The van der Waals surface area contributed by atoms with Crippen molar-refractivity contribution in [2.75, 3.05) is 25.5 Å². The van der Waals surface area contributed by atoms with Gasteiger partial charge in [0.05, 0.1) is 18.5 Å². The molecule has 3 aromatic rings. The highest BCUT2D eigenvalue weighted by molar-refractivity contribution is 7.14. The van der Waals surface area contributed by atoms with E-state index in [0.29, 0.717) is 27.9 Å². The van der Waals surface area contributed by atoms with Crippen molar-refractivity contribution in [3.8, 4) is 5.75 Å². The average Bonchev–Trinajstić information content (AvgIpc) is 3.26. The van der Waals surface area contributed by atoms with E-state index in [9.17, 15) is 9.18 Å². The molecule has 0 saturated carbocycles. The van der Waals surface area contributed by atoms with Crippen LogP contribution in [-0.4, -0.2) is 35.5 Å². The maximum absolute atomic E-state index is 14.2. The number of imidazole rings is 1. The predicted octanol–water partition coefficient (Wildman–Crippen LogP) is 3.57. The number of fused-ring (bicyclic) bond motifs is 1. The van der Waals surface area contributed by atoms with Gasteiger partial charge >= 0.3 is 0 Å². The number of halogens is 1. The number of hydrogen-bond acceptors (Lipinski definition) is 5. The summed E-state index contributed by atoms with van der Waals surface area (Å²) in [5, 5.41) is 6.13. The van der Waals surface area contributed by atoms with Gasteiger partial charge in [0.15, 0.2) is 11.5 Å². The lowest BCUT2D eigenvalue weighted by Crippen LogP contribution is -2.26. The van der Waals surface area contributed by atoms with Crippen LogP contribution < -0.4 is 15.4 Å². The van der Waals surface area contributed by atoms with Crippen molar-refractivity contribution in [1.29, 1.82) is 0 Å². The number of aryl methyl sites for hydroxylation is 1. The van der Waals surface area contributed by atoms with Crippen LogP contribution in [0.25, 0.3) is 5.65 Å². The largest absolute Gasteiger partial charge is 0.495 e. The second kappa shape index (κ2) is 7.28. The van der Waals surface area contributed by atoms with Gasteiger partial charge in [-0.2, -0.15) is 0 Å². The van der Waals surface area contributed by atoms with Crippen molar-refractivity contribution in [3.63, 3.8) is 0 Å². The molecule has 1 fully saturated rings. The molecule has 0 atom stereocenters. The molecule has 27 heavy (non-hydrogen) atoms. The van der Waals surface area contributed by atoms with Crippen molar-refractivity contribution < 1.29 is 13.9 Å². The second-order valence-corrected chi connectivity index (χ2v) is 7.80. The number of carbonyl (C=O) groups excluding carboxylic acids is 1. The molecule has 1 amide bonds. The quantitative estimate of drug-likeness (QED) is 0.717. The maximum Gasteiger partial charge on any atom is 0.269 e. The van der Waals surface area contributed by atoms with Crippen molar-refractivity contribution >= 4 is 28.6 Å². The zero-order valence-electron chi connectivity index (χ0n) is 15.2. The number of piperidine rings is 1. The van der Waals surface area contributed by atoms with Gasteiger partial charge in [-0.05, 0) is 44.8 Å². The van der Waals surface area contributed by atoms with E-state index in [2.05, 4.69) is 15.6 Å². The molecule has 0 radical (unpaired) electrons. The minimum atomic E-state index is -0.477. The summed E-state index contributed by atoms with van der Waals surface area (Å²) in [5.74, 6) is 0.225. The molecule has 0 spiro atoms. The van der Waals surface area contributed by atoms with Crippen LogP contribution in [0.1, 0.15) is 39.0 Å². The van der Waals surface area contributed by atoms with E-state index < -0.39 is 5.82 Å². The van der Waals surface area contributed by atoms with E-state index in [1.54, 1.807) is 30.8 Å². The average molecular weight is 388 g/mol. The molecule has 1 saturated heterocycles. The first kappa shape index (κ1) is 17.9. The Labute approximate surface area is 160 Å². The number of anilines is 1. The van der Waals surface area contributed by atoms with Crippen LogP contribution in [0.5, 0.6) is 5.75 Å². The highest BCUT2D eigenvalue weighted by atomic mass is 32.1. The molecular formula is C19H21FN4O2S.